The van der Waals surface area contributed by atoms with Crippen LogP contribution in [-0.2, 0) is 24.9 Å². The molecule has 0 amide bonds. The molecule has 0 aliphatic rings. The number of rotatable bonds is 8. The monoisotopic (exact) mass is 373 g/mol. The maximum absolute atomic E-state index is 12.4. The van der Waals surface area contributed by atoms with Gasteiger partial charge in [-0.3, -0.25) is 14.3 Å². The highest BCUT2D eigenvalue weighted by Crippen LogP contribution is 2.17. The molecule has 0 bridgehead atoms. The maximum atomic E-state index is 12.4. The van der Waals surface area contributed by atoms with E-state index in [0.717, 1.165) is 11.3 Å². The molecule has 2 heterocycles. The highest BCUT2D eigenvalue weighted by Gasteiger charge is 2.17. The summed E-state index contributed by atoms with van der Waals surface area (Å²) in [4.78, 5) is 31.0. The van der Waals surface area contributed by atoms with E-state index in [1.54, 1.807) is 18.7 Å². The summed E-state index contributed by atoms with van der Waals surface area (Å²) in [7, 11) is 3.20. The van der Waals surface area contributed by atoms with Crippen LogP contribution in [0.3, 0.4) is 0 Å². The Balaban J connectivity index is 1.95. The molecule has 144 valence electrons. The largest absolute Gasteiger partial charge is 0.497 e. The van der Waals surface area contributed by atoms with Crippen molar-refractivity contribution in [1.82, 2.24) is 19.1 Å². The van der Waals surface area contributed by atoms with Gasteiger partial charge in [0.15, 0.2) is 11.2 Å². The number of nitrogens with zero attached hydrogens (tertiary/aromatic N) is 3. The molecule has 2 N–H and O–H groups in total. The lowest BCUT2D eigenvalue weighted by Gasteiger charge is -2.11. The smallest absolute Gasteiger partial charge is 0.329 e. The van der Waals surface area contributed by atoms with Crippen LogP contribution in [0.4, 0.5) is 5.95 Å². The molecule has 3 aromatic rings. The molecular weight excluding hydrogens is 350 g/mol. The maximum Gasteiger partial charge on any atom is 0.329 e. The fourth-order valence-corrected chi connectivity index (χ4v) is 2.81. The van der Waals surface area contributed by atoms with Gasteiger partial charge in [-0.05, 0) is 24.6 Å². The van der Waals surface area contributed by atoms with Crippen LogP contribution in [0, 0.1) is 0 Å². The summed E-state index contributed by atoms with van der Waals surface area (Å²) in [5, 5.41) is 3.24. The molecule has 0 saturated heterocycles. The van der Waals surface area contributed by atoms with E-state index in [1.165, 1.54) is 4.57 Å². The van der Waals surface area contributed by atoms with Gasteiger partial charge in [0, 0.05) is 26.7 Å². The number of methoxy groups -OCH3 is 1. The molecule has 3 rings (SSSR count). The highest BCUT2D eigenvalue weighted by atomic mass is 16.5. The number of hydrogen-bond acceptors (Lipinski definition) is 6. The fraction of sp³-hybridized carbons (Fsp3) is 0.389. The van der Waals surface area contributed by atoms with Crippen molar-refractivity contribution in [3.63, 3.8) is 0 Å². The molecule has 0 radical (unpaired) electrons. The van der Waals surface area contributed by atoms with Gasteiger partial charge in [-0.15, -0.1) is 0 Å². The third-order valence-corrected chi connectivity index (χ3v) is 4.28. The molecular formula is C18H23N5O4. The van der Waals surface area contributed by atoms with Crippen molar-refractivity contribution in [3.05, 3.63) is 50.7 Å². The van der Waals surface area contributed by atoms with Gasteiger partial charge in [-0.25, -0.2) is 4.79 Å². The third kappa shape index (κ3) is 3.87. The number of benzene rings is 1. The number of aryl methyl sites for hydroxylation is 1. The second kappa shape index (κ2) is 8.09. The van der Waals surface area contributed by atoms with Crippen molar-refractivity contribution in [2.75, 3.05) is 25.6 Å². The molecule has 27 heavy (non-hydrogen) atoms. The van der Waals surface area contributed by atoms with Gasteiger partial charge in [-0.1, -0.05) is 12.1 Å². The fourth-order valence-electron chi connectivity index (χ4n) is 2.81. The van der Waals surface area contributed by atoms with Gasteiger partial charge in [0.1, 0.15) is 5.75 Å². The Hall–Kier alpha value is -3.07. The molecule has 1 aromatic carbocycles. The molecule has 0 unspecified atom stereocenters. The lowest BCUT2D eigenvalue weighted by Crippen LogP contribution is -2.29. The van der Waals surface area contributed by atoms with Crippen molar-refractivity contribution >= 4 is 17.1 Å². The third-order valence-electron chi connectivity index (χ3n) is 4.28. The average Bonchev–Trinajstić information content (AvgIpc) is 3.04. The Morgan fingerprint density at radius 2 is 1.96 bits per heavy atom. The number of aromatic nitrogens is 4. The first kappa shape index (κ1) is 18.7. The van der Waals surface area contributed by atoms with E-state index in [0.29, 0.717) is 43.4 Å². The van der Waals surface area contributed by atoms with Crippen LogP contribution in [0.15, 0.2) is 33.9 Å². The summed E-state index contributed by atoms with van der Waals surface area (Å²) >= 11 is 0. The molecule has 0 aliphatic heterocycles. The van der Waals surface area contributed by atoms with Gasteiger partial charge < -0.3 is 19.4 Å². The second-order valence-electron chi connectivity index (χ2n) is 5.98. The topological polar surface area (TPSA) is 103 Å². The summed E-state index contributed by atoms with van der Waals surface area (Å²) < 4.78 is 13.7. The summed E-state index contributed by atoms with van der Waals surface area (Å²) in [6.07, 6.45) is 0. The zero-order valence-corrected chi connectivity index (χ0v) is 15.6. The van der Waals surface area contributed by atoms with Gasteiger partial charge in [0.2, 0.25) is 5.95 Å². The molecule has 2 aromatic heterocycles. The van der Waals surface area contributed by atoms with E-state index in [-0.39, 0.29) is 0 Å². The number of aromatic amines is 1. The zero-order chi connectivity index (χ0) is 19.4. The first-order valence-electron chi connectivity index (χ1n) is 8.69. The molecule has 9 heteroatoms. The van der Waals surface area contributed by atoms with Crippen molar-refractivity contribution in [1.29, 1.82) is 0 Å². The lowest BCUT2D eigenvalue weighted by atomic mass is 10.2. The Kier molecular flexibility index (Phi) is 5.60. The predicted molar refractivity (Wildman–Crippen MR) is 102 cm³/mol. The van der Waals surface area contributed by atoms with Crippen molar-refractivity contribution in [2.45, 2.75) is 20.0 Å². The van der Waals surface area contributed by atoms with E-state index >= 15 is 0 Å². The summed E-state index contributed by atoms with van der Waals surface area (Å²) in [6.45, 7) is 3.87. The number of imidazole rings is 1. The van der Waals surface area contributed by atoms with Crippen LogP contribution in [0.25, 0.3) is 11.2 Å². The highest BCUT2D eigenvalue weighted by molar-refractivity contribution is 5.74. The Morgan fingerprint density at radius 3 is 2.63 bits per heavy atom. The van der Waals surface area contributed by atoms with Crippen LogP contribution in [0.5, 0.6) is 5.75 Å². The number of ether oxygens (including phenoxy) is 2. The summed E-state index contributed by atoms with van der Waals surface area (Å²) in [6, 6.07) is 7.65. The molecule has 0 spiro atoms. The Morgan fingerprint density at radius 1 is 1.22 bits per heavy atom. The summed E-state index contributed by atoms with van der Waals surface area (Å²) in [5.74, 6) is 1.29. The van der Waals surface area contributed by atoms with Crippen LogP contribution in [-0.4, -0.2) is 39.4 Å². The second-order valence-corrected chi connectivity index (χ2v) is 5.98. The molecule has 9 nitrogen and oxygen atoms in total. The van der Waals surface area contributed by atoms with Crippen LogP contribution in [0.2, 0.25) is 0 Å². The summed E-state index contributed by atoms with van der Waals surface area (Å²) in [5.41, 5.74) is 0.742. The number of anilines is 1. The van der Waals surface area contributed by atoms with Gasteiger partial charge in [-0.2, -0.15) is 4.98 Å². The molecule has 0 atom stereocenters. The Bertz CT molecular complexity index is 1030. The first-order valence-corrected chi connectivity index (χ1v) is 8.69. The van der Waals surface area contributed by atoms with E-state index in [1.807, 2.05) is 31.2 Å². The molecule has 0 saturated carbocycles. The number of fused-ring (bicyclic) bond motifs is 1. The Labute approximate surface area is 155 Å². The minimum Gasteiger partial charge on any atom is -0.497 e. The predicted octanol–water partition coefficient (Wildman–Crippen LogP) is 1.08. The van der Waals surface area contributed by atoms with Crippen LogP contribution >= 0.6 is 0 Å². The van der Waals surface area contributed by atoms with E-state index < -0.39 is 11.2 Å². The minimum atomic E-state index is -0.497. The number of hydrogen-bond donors (Lipinski definition) is 2. The number of H-pyrrole nitrogens is 1. The first-order chi connectivity index (χ1) is 13.0. The van der Waals surface area contributed by atoms with Gasteiger partial charge in [0.05, 0.1) is 13.7 Å². The van der Waals surface area contributed by atoms with Crippen LogP contribution in [0.1, 0.15) is 12.5 Å². The standard InChI is InChI=1S/C18H23N5O4/c1-4-27-10-9-23-14-15(22(2)18(25)21-16(14)24)20-17(23)19-11-12-5-7-13(26-3)8-6-12/h5-8H,4,9-11H2,1-3H3,(H,19,20)(H,21,24,25). The van der Waals surface area contributed by atoms with Crippen LogP contribution < -0.4 is 21.3 Å². The molecule has 0 aliphatic carbocycles. The van der Waals surface area contributed by atoms with E-state index in [9.17, 15) is 9.59 Å². The minimum absolute atomic E-state index is 0.331. The lowest BCUT2D eigenvalue weighted by molar-refractivity contribution is 0.140. The zero-order valence-electron chi connectivity index (χ0n) is 15.6. The van der Waals surface area contributed by atoms with E-state index in [2.05, 4.69) is 15.3 Å². The molecule has 0 fully saturated rings. The van der Waals surface area contributed by atoms with Crippen molar-refractivity contribution in [3.8, 4) is 5.75 Å². The average molecular weight is 373 g/mol. The van der Waals surface area contributed by atoms with Crippen molar-refractivity contribution < 1.29 is 9.47 Å². The van der Waals surface area contributed by atoms with Gasteiger partial charge in [0.25, 0.3) is 5.56 Å². The quantitative estimate of drug-likeness (QED) is 0.573. The van der Waals surface area contributed by atoms with Gasteiger partial charge >= 0.3 is 5.69 Å². The number of nitrogens with one attached hydrogen (secondary N) is 2. The van der Waals surface area contributed by atoms with Crippen molar-refractivity contribution in [2.24, 2.45) is 7.05 Å². The van der Waals surface area contributed by atoms with E-state index in [4.69, 9.17) is 9.47 Å². The SMILES string of the molecule is CCOCCn1c(NCc2ccc(OC)cc2)nc2c1c(=O)[nH]c(=O)n2C. The normalized spacial score (nSPS) is 11.1.